The van der Waals surface area contributed by atoms with Crippen LogP contribution in [0.5, 0.6) is 5.75 Å². The lowest BCUT2D eigenvalue weighted by molar-refractivity contribution is -0.137. The van der Waals surface area contributed by atoms with Gasteiger partial charge in [-0.05, 0) is 48.5 Å². The summed E-state index contributed by atoms with van der Waals surface area (Å²) in [6.45, 7) is 0.279. The third-order valence-electron chi connectivity index (χ3n) is 4.03. The highest BCUT2D eigenvalue weighted by atomic mass is 19.4. The normalized spacial score (nSPS) is 11.2. The molecule has 0 aliphatic heterocycles. The quantitative estimate of drug-likeness (QED) is 0.622. The standard InChI is InChI=1S/C20H18F3N3O3/c1-28-17-8-2-13(3-9-17)18-25-16(12-29-18)10-11-24-19(27)26-15-6-4-14(5-7-15)20(21,22)23/h2-9,12H,10-11H2,1H3,(H2,24,26,27). The van der Waals surface area contributed by atoms with Crippen molar-refractivity contribution in [3.8, 4) is 17.2 Å². The number of alkyl halides is 3. The number of rotatable bonds is 6. The van der Waals surface area contributed by atoms with Crippen LogP contribution in [0.2, 0.25) is 0 Å². The first-order valence-electron chi connectivity index (χ1n) is 8.66. The lowest BCUT2D eigenvalue weighted by Gasteiger charge is -2.09. The van der Waals surface area contributed by atoms with Gasteiger partial charge >= 0.3 is 12.2 Å². The molecule has 0 spiro atoms. The molecule has 0 fully saturated rings. The van der Waals surface area contributed by atoms with Gasteiger partial charge in [0.25, 0.3) is 0 Å². The van der Waals surface area contributed by atoms with E-state index >= 15 is 0 Å². The maximum Gasteiger partial charge on any atom is 0.416 e. The van der Waals surface area contributed by atoms with Crippen LogP contribution in [-0.4, -0.2) is 24.7 Å². The van der Waals surface area contributed by atoms with Gasteiger partial charge in [-0.15, -0.1) is 0 Å². The van der Waals surface area contributed by atoms with Gasteiger partial charge in [-0.1, -0.05) is 0 Å². The second kappa shape index (κ2) is 8.68. The Kier molecular flexibility index (Phi) is 6.06. The van der Waals surface area contributed by atoms with E-state index in [9.17, 15) is 18.0 Å². The van der Waals surface area contributed by atoms with Gasteiger partial charge < -0.3 is 19.8 Å². The van der Waals surface area contributed by atoms with E-state index in [2.05, 4.69) is 15.6 Å². The molecule has 0 saturated heterocycles. The topological polar surface area (TPSA) is 76.4 Å². The lowest BCUT2D eigenvalue weighted by Crippen LogP contribution is -2.30. The number of amides is 2. The minimum atomic E-state index is -4.41. The Morgan fingerprint density at radius 3 is 2.41 bits per heavy atom. The van der Waals surface area contributed by atoms with Crippen molar-refractivity contribution in [2.45, 2.75) is 12.6 Å². The summed E-state index contributed by atoms with van der Waals surface area (Å²) in [6.07, 6.45) is -2.47. The molecule has 2 aromatic carbocycles. The van der Waals surface area contributed by atoms with Crippen molar-refractivity contribution in [2.24, 2.45) is 0 Å². The molecule has 0 unspecified atom stereocenters. The zero-order valence-electron chi connectivity index (χ0n) is 15.4. The van der Waals surface area contributed by atoms with Crippen molar-refractivity contribution < 1.29 is 27.1 Å². The first kappa shape index (κ1) is 20.2. The largest absolute Gasteiger partial charge is 0.497 e. The molecule has 0 aliphatic carbocycles. The fourth-order valence-electron chi connectivity index (χ4n) is 2.51. The fraction of sp³-hybridized carbons (Fsp3) is 0.200. The molecule has 3 rings (SSSR count). The number of methoxy groups -OCH3 is 1. The number of nitrogens with one attached hydrogen (secondary N) is 2. The van der Waals surface area contributed by atoms with Crippen LogP contribution in [0.3, 0.4) is 0 Å². The molecule has 0 aliphatic rings. The molecule has 152 valence electrons. The molecule has 2 N–H and O–H groups in total. The molecule has 2 amide bonds. The summed E-state index contributed by atoms with van der Waals surface area (Å²) >= 11 is 0. The maximum atomic E-state index is 12.5. The van der Waals surface area contributed by atoms with E-state index in [-0.39, 0.29) is 12.2 Å². The molecule has 3 aromatic rings. The summed E-state index contributed by atoms with van der Waals surface area (Å²) in [5, 5.41) is 5.09. The van der Waals surface area contributed by atoms with E-state index in [1.807, 2.05) is 12.1 Å². The number of carbonyl (C=O) groups is 1. The van der Waals surface area contributed by atoms with Crippen LogP contribution in [0.15, 0.2) is 59.2 Å². The number of halogens is 3. The van der Waals surface area contributed by atoms with Crippen LogP contribution < -0.4 is 15.4 Å². The predicted octanol–water partition coefficient (Wildman–Crippen LogP) is 4.73. The Morgan fingerprint density at radius 1 is 1.10 bits per heavy atom. The van der Waals surface area contributed by atoms with Crippen molar-refractivity contribution in [1.29, 1.82) is 0 Å². The van der Waals surface area contributed by atoms with E-state index in [1.54, 1.807) is 19.2 Å². The van der Waals surface area contributed by atoms with Gasteiger partial charge in [0, 0.05) is 24.2 Å². The summed E-state index contributed by atoms with van der Waals surface area (Å²) in [4.78, 5) is 16.2. The number of aromatic nitrogens is 1. The minimum Gasteiger partial charge on any atom is -0.497 e. The van der Waals surface area contributed by atoms with Gasteiger partial charge in [0.2, 0.25) is 5.89 Å². The van der Waals surface area contributed by atoms with Gasteiger partial charge in [0.15, 0.2) is 0 Å². The molecule has 0 radical (unpaired) electrons. The molecule has 6 nitrogen and oxygen atoms in total. The number of ether oxygens (including phenoxy) is 1. The van der Waals surface area contributed by atoms with Crippen LogP contribution in [0, 0.1) is 0 Å². The summed E-state index contributed by atoms with van der Waals surface area (Å²) in [6, 6.07) is 10.9. The number of carbonyl (C=O) groups excluding carboxylic acids is 1. The average Bonchev–Trinajstić information content (AvgIpc) is 3.16. The molecular weight excluding hydrogens is 387 g/mol. The first-order chi connectivity index (χ1) is 13.8. The summed E-state index contributed by atoms with van der Waals surface area (Å²) in [7, 11) is 1.58. The van der Waals surface area contributed by atoms with Gasteiger partial charge in [-0.3, -0.25) is 0 Å². The second-order valence-electron chi connectivity index (χ2n) is 6.08. The lowest BCUT2D eigenvalue weighted by atomic mass is 10.2. The van der Waals surface area contributed by atoms with Crippen LogP contribution in [0.1, 0.15) is 11.3 Å². The van der Waals surface area contributed by atoms with E-state index in [0.717, 1.165) is 23.4 Å². The summed E-state index contributed by atoms with van der Waals surface area (Å²) in [5.41, 5.74) is 0.941. The molecule has 1 heterocycles. The van der Waals surface area contributed by atoms with Crippen molar-refractivity contribution in [3.63, 3.8) is 0 Å². The SMILES string of the molecule is COc1ccc(-c2nc(CCNC(=O)Nc3ccc(C(F)(F)F)cc3)co2)cc1. The Labute approximate surface area is 164 Å². The molecular formula is C20H18F3N3O3. The number of anilines is 1. The Hall–Kier alpha value is -3.49. The highest BCUT2D eigenvalue weighted by molar-refractivity contribution is 5.89. The second-order valence-corrected chi connectivity index (χ2v) is 6.08. The third kappa shape index (κ3) is 5.50. The third-order valence-corrected chi connectivity index (χ3v) is 4.03. The number of urea groups is 1. The van der Waals surface area contributed by atoms with Crippen molar-refractivity contribution in [3.05, 3.63) is 66.1 Å². The van der Waals surface area contributed by atoms with Gasteiger partial charge in [-0.25, -0.2) is 9.78 Å². The van der Waals surface area contributed by atoms with Crippen molar-refractivity contribution in [1.82, 2.24) is 10.3 Å². The van der Waals surface area contributed by atoms with E-state index in [4.69, 9.17) is 9.15 Å². The Morgan fingerprint density at radius 2 is 1.79 bits per heavy atom. The molecule has 0 atom stereocenters. The predicted molar refractivity (Wildman–Crippen MR) is 101 cm³/mol. The minimum absolute atomic E-state index is 0.263. The highest BCUT2D eigenvalue weighted by Crippen LogP contribution is 2.29. The zero-order valence-corrected chi connectivity index (χ0v) is 15.4. The zero-order chi connectivity index (χ0) is 20.9. The van der Waals surface area contributed by atoms with Crippen LogP contribution in [0.4, 0.5) is 23.7 Å². The van der Waals surface area contributed by atoms with Crippen LogP contribution in [0.25, 0.3) is 11.5 Å². The number of oxazole rings is 1. The van der Waals surface area contributed by atoms with Gasteiger partial charge in [0.05, 0.1) is 18.4 Å². The van der Waals surface area contributed by atoms with E-state index < -0.39 is 17.8 Å². The Balaban J connectivity index is 1.47. The smallest absolute Gasteiger partial charge is 0.416 e. The van der Waals surface area contributed by atoms with Crippen molar-refractivity contribution in [2.75, 3.05) is 19.0 Å². The highest BCUT2D eigenvalue weighted by Gasteiger charge is 2.29. The summed E-state index contributed by atoms with van der Waals surface area (Å²) < 4.78 is 48.2. The number of nitrogens with zero attached hydrogens (tertiary/aromatic N) is 1. The average molecular weight is 405 g/mol. The summed E-state index contributed by atoms with van der Waals surface area (Å²) in [5.74, 6) is 1.18. The van der Waals surface area contributed by atoms with E-state index in [1.165, 1.54) is 18.4 Å². The van der Waals surface area contributed by atoms with Crippen LogP contribution in [-0.2, 0) is 12.6 Å². The first-order valence-corrected chi connectivity index (χ1v) is 8.66. The molecule has 0 bridgehead atoms. The molecule has 29 heavy (non-hydrogen) atoms. The van der Waals surface area contributed by atoms with Crippen LogP contribution >= 0.6 is 0 Å². The monoisotopic (exact) mass is 405 g/mol. The van der Waals surface area contributed by atoms with Crippen molar-refractivity contribution >= 4 is 11.7 Å². The maximum absolute atomic E-state index is 12.5. The van der Waals surface area contributed by atoms with E-state index in [0.29, 0.717) is 18.0 Å². The molecule has 0 saturated carbocycles. The van der Waals surface area contributed by atoms with Gasteiger partial charge in [0.1, 0.15) is 12.0 Å². The number of hydrogen-bond acceptors (Lipinski definition) is 4. The number of hydrogen-bond donors (Lipinski definition) is 2. The molecule has 9 heteroatoms. The fourth-order valence-corrected chi connectivity index (χ4v) is 2.51. The van der Waals surface area contributed by atoms with Gasteiger partial charge in [-0.2, -0.15) is 13.2 Å². The number of benzene rings is 2. The molecule has 1 aromatic heterocycles. The Bertz CT molecular complexity index is 952.